The Bertz CT molecular complexity index is 941. The Balaban J connectivity index is 3.36. The zero-order valence-electron chi connectivity index (χ0n) is 16.6. The average Bonchev–Trinajstić information content (AvgIpc) is 2.67. The Labute approximate surface area is 193 Å². The van der Waals surface area contributed by atoms with Crippen molar-refractivity contribution in [1.82, 2.24) is 0 Å². The SMILES string of the molecule is Nc1ccc(SCCC(F)(F)C(F)(F)C(F)(F)C(F)(F)C(F)(F)C(F)(F)C(F)(F)C(F)(F)F)c(N)c1. The van der Waals surface area contributed by atoms with Gasteiger partial charge in [0.05, 0.1) is 0 Å². The van der Waals surface area contributed by atoms with Gasteiger partial charge in [-0.3, -0.25) is 0 Å². The highest BCUT2D eigenvalue weighted by Crippen LogP contribution is 2.64. The summed E-state index contributed by atoms with van der Waals surface area (Å²) in [6.07, 6.45) is -10.3. The van der Waals surface area contributed by atoms with E-state index in [0.717, 1.165) is 18.2 Å². The first kappa shape index (κ1) is 32.0. The van der Waals surface area contributed by atoms with Crippen LogP contribution in [-0.2, 0) is 0 Å². The summed E-state index contributed by atoms with van der Waals surface area (Å²) in [6.45, 7) is 0. The van der Waals surface area contributed by atoms with E-state index in [2.05, 4.69) is 0 Å². The van der Waals surface area contributed by atoms with Crippen LogP contribution in [0.3, 0.4) is 0 Å². The summed E-state index contributed by atoms with van der Waals surface area (Å²) in [5.41, 5.74) is 10.4. The molecule has 1 aromatic carbocycles. The van der Waals surface area contributed by atoms with E-state index < -0.39 is 59.8 Å². The topological polar surface area (TPSA) is 52.0 Å². The van der Waals surface area contributed by atoms with Crippen LogP contribution < -0.4 is 11.5 Å². The monoisotopic (exact) mass is 586 g/mol. The van der Waals surface area contributed by atoms with E-state index in [9.17, 15) is 74.6 Å². The van der Waals surface area contributed by atoms with Crippen molar-refractivity contribution in [1.29, 1.82) is 0 Å². The highest BCUT2D eigenvalue weighted by atomic mass is 32.2. The molecule has 0 amide bonds. The number of rotatable bonds is 10. The van der Waals surface area contributed by atoms with E-state index in [-0.39, 0.29) is 28.0 Å². The van der Waals surface area contributed by atoms with Gasteiger partial charge in [-0.15, -0.1) is 11.8 Å². The number of halogens is 17. The Kier molecular flexibility index (Phi) is 8.07. The predicted octanol–water partition coefficient (Wildman–Crippen LogP) is 7.34. The molecule has 0 saturated heterocycles. The minimum absolute atomic E-state index is 0.0180. The van der Waals surface area contributed by atoms with Gasteiger partial charge in [0.2, 0.25) is 0 Å². The van der Waals surface area contributed by atoms with Crippen molar-refractivity contribution in [2.45, 2.75) is 59.0 Å². The number of nitrogen functional groups attached to an aromatic ring is 2. The minimum Gasteiger partial charge on any atom is -0.399 e. The van der Waals surface area contributed by atoms with Gasteiger partial charge in [-0.1, -0.05) is 0 Å². The molecule has 0 spiro atoms. The molecule has 0 bridgehead atoms. The molecule has 210 valence electrons. The lowest BCUT2D eigenvalue weighted by atomic mass is 9.88. The quantitative estimate of drug-likeness (QED) is 0.171. The zero-order valence-corrected chi connectivity index (χ0v) is 17.5. The Morgan fingerprint density at radius 1 is 0.556 bits per heavy atom. The first-order chi connectivity index (χ1) is 15.6. The lowest BCUT2D eigenvalue weighted by Crippen LogP contribution is -2.74. The maximum Gasteiger partial charge on any atom is 0.460 e. The van der Waals surface area contributed by atoms with Crippen LogP contribution in [0.15, 0.2) is 23.1 Å². The van der Waals surface area contributed by atoms with Gasteiger partial charge in [-0.2, -0.15) is 74.6 Å². The van der Waals surface area contributed by atoms with Gasteiger partial charge in [0.15, 0.2) is 0 Å². The van der Waals surface area contributed by atoms with Gasteiger partial charge in [-0.25, -0.2) is 0 Å². The van der Waals surface area contributed by atoms with Crippen molar-refractivity contribution < 1.29 is 74.6 Å². The van der Waals surface area contributed by atoms with Gasteiger partial charge >= 0.3 is 47.6 Å². The molecule has 0 fully saturated rings. The number of nitrogens with two attached hydrogens (primary N) is 2. The van der Waals surface area contributed by atoms with Crippen LogP contribution in [0.25, 0.3) is 0 Å². The third-order valence-electron chi connectivity index (χ3n) is 4.49. The van der Waals surface area contributed by atoms with Crippen molar-refractivity contribution >= 4 is 23.1 Å². The molecular weight excluding hydrogens is 575 g/mol. The molecule has 0 saturated carbocycles. The summed E-state index contributed by atoms with van der Waals surface area (Å²) in [4.78, 5) is -0.194. The minimum atomic E-state index is -8.63. The summed E-state index contributed by atoms with van der Waals surface area (Å²) in [5.74, 6) is -57.7. The lowest BCUT2D eigenvalue weighted by Gasteiger charge is -2.42. The van der Waals surface area contributed by atoms with E-state index in [1.54, 1.807) is 0 Å². The smallest absolute Gasteiger partial charge is 0.399 e. The van der Waals surface area contributed by atoms with Crippen molar-refractivity contribution in [2.24, 2.45) is 0 Å². The van der Waals surface area contributed by atoms with Crippen LogP contribution >= 0.6 is 11.8 Å². The van der Waals surface area contributed by atoms with Crippen molar-refractivity contribution in [3.63, 3.8) is 0 Å². The predicted molar refractivity (Wildman–Crippen MR) is 91.3 cm³/mol. The van der Waals surface area contributed by atoms with Crippen molar-refractivity contribution in [3.05, 3.63) is 18.2 Å². The molecule has 0 aliphatic rings. The van der Waals surface area contributed by atoms with Crippen LogP contribution in [0.4, 0.5) is 86.0 Å². The molecule has 0 unspecified atom stereocenters. The largest absolute Gasteiger partial charge is 0.460 e. The first-order valence-corrected chi connectivity index (χ1v) is 9.61. The number of alkyl halides is 17. The molecule has 20 heteroatoms. The Morgan fingerprint density at radius 2 is 0.944 bits per heavy atom. The Hall–Kier alpha value is -2.02. The Morgan fingerprint density at radius 3 is 1.33 bits per heavy atom. The molecule has 0 radical (unpaired) electrons. The molecule has 0 aliphatic carbocycles. The fourth-order valence-corrected chi connectivity index (χ4v) is 3.31. The average molecular weight is 586 g/mol. The van der Waals surface area contributed by atoms with Crippen LogP contribution in [0.5, 0.6) is 0 Å². The number of hydrogen-bond donors (Lipinski definition) is 2. The van der Waals surface area contributed by atoms with Gasteiger partial charge in [-0.05, 0) is 18.2 Å². The van der Waals surface area contributed by atoms with Crippen LogP contribution in [0.1, 0.15) is 6.42 Å². The first-order valence-electron chi connectivity index (χ1n) is 8.62. The molecule has 1 aromatic rings. The molecule has 0 aromatic heterocycles. The third kappa shape index (κ3) is 4.68. The number of hydrogen-bond acceptors (Lipinski definition) is 3. The summed E-state index contributed by atoms with van der Waals surface area (Å²) in [5, 5.41) is 0. The summed E-state index contributed by atoms with van der Waals surface area (Å²) in [7, 11) is 0. The molecule has 1 rings (SSSR count). The van der Waals surface area contributed by atoms with Crippen LogP contribution in [0, 0.1) is 0 Å². The highest BCUT2D eigenvalue weighted by molar-refractivity contribution is 7.99. The molecule has 0 aliphatic heterocycles. The van der Waals surface area contributed by atoms with E-state index in [0.29, 0.717) is 0 Å². The fourth-order valence-electron chi connectivity index (χ4n) is 2.34. The summed E-state index contributed by atoms with van der Waals surface area (Å²) < 4.78 is 224. The standard InChI is InChI=1S/C16H11F17N2S/c17-9(18,3-4-36-8-2-1-6(34)5-7(8)35)10(19,20)11(21,22)12(23,24)13(25,26)14(27,28)15(29,30)16(31,32)33/h1-2,5H,3-4,34-35H2. The van der Waals surface area contributed by atoms with Gasteiger partial charge in [0.25, 0.3) is 0 Å². The van der Waals surface area contributed by atoms with E-state index in [1.165, 1.54) is 0 Å². The number of anilines is 2. The van der Waals surface area contributed by atoms with Crippen molar-refractivity contribution in [3.8, 4) is 0 Å². The molecule has 0 atom stereocenters. The summed E-state index contributed by atoms with van der Waals surface area (Å²) in [6, 6.07) is 3.12. The molecule has 2 nitrogen and oxygen atoms in total. The van der Waals surface area contributed by atoms with Gasteiger partial charge < -0.3 is 11.5 Å². The third-order valence-corrected chi connectivity index (χ3v) is 5.59. The molecule has 36 heavy (non-hydrogen) atoms. The lowest BCUT2D eigenvalue weighted by molar-refractivity contribution is -0.461. The van der Waals surface area contributed by atoms with Gasteiger partial charge in [0.1, 0.15) is 0 Å². The van der Waals surface area contributed by atoms with Crippen LogP contribution in [-0.4, -0.2) is 53.4 Å². The maximum absolute atomic E-state index is 13.8. The second-order valence-electron chi connectivity index (χ2n) is 7.04. The van der Waals surface area contributed by atoms with Crippen molar-refractivity contribution in [2.75, 3.05) is 17.2 Å². The van der Waals surface area contributed by atoms with E-state index in [4.69, 9.17) is 11.5 Å². The molecular formula is C16H11F17N2S. The van der Waals surface area contributed by atoms with E-state index in [1.807, 2.05) is 0 Å². The van der Waals surface area contributed by atoms with E-state index >= 15 is 0 Å². The molecule has 0 heterocycles. The second-order valence-corrected chi connectivity index (χ2v) is 8.18. The zero-order chi connectivity index (χ0) is 29.0. The normalized spacial score (nSPS) is 15.4. The maximum atomic E-state index is 13.8. The molecule has 4 N–H and O–H groups in total. The second kappa shape index (κ2) is 9.07. The van der Waals surface area contributed by atoms with Gasteiger partial charge in [0, 0.05) is 28.4 Å². The van der Waals surface area contributed by atoms with Crippen LogP contribution in [0.2, 0.25) is 0 Å². The number of benzene rings is 1. The summed E-state index contributed by atoms with van der Waals surface area (Å²) >= 11 is 0.114. The fraction of sp³-hybridized carbons (Fsp3) is 0.625. The highest BCUT2D eigenvalue weighted by Gasteiger charge is 2.95. The number of thioether (sulfide) groups is 1.